The summed E-state index contributed by atoms with van der Waals surface area (Å²) >= 11 is 13.5. The van der Waals surface area contributed by atoms with E-state index in [1.54, 1.807) is 23.5 Å². The van der Waals surface area contributed by atoms with E-state index >= 15 is 0 Å². The van der Waals surface area contributed by atoms with Crippen LogP contribution >= 0.6 is 34.5 Å². The van der Waals surface area contributed by atoms with Crippen LogP contribution in [-0.2, 0) is 0 Å². The van der Waals surface area contributed by atoms with Gasteiger partial charge in [0, 0.05) is 5.56 Å². The van der Waals surface area contributed by atoms with Crippen molar-refractivity contribution in [3.05, 3.63) is 45.1 Å². The Hall–Kier alpha value is -0.500. The molecule has 0 amide bonds. The molecule has 1 radical (unpaired) electrons. The van der Waals surface area contributed by atoms with Gasteiger partial charge < -0.3 is 0 Å². The van der Waals surface area contributed by atoms with Gasteiger partial charge in [-0.15, -0.1) is 0 Å². The molecule has 2 rings (SSSR count). The Labute approximate surface area is 90.7 Å². The Kier molecular flexibility index (Phi) is 2.58. The van der Waals surface area contributed by atoms with Crippen molar-refractivity contribution in [2.24, 2.45) is 0 Å². The zero-order chi connectivity index (χ0) is 9.26. The summed E-state index contributed by atoms with van der Waals surface area (Å²) in [7, 11) is 0. The Morgan fingerprint density at radius 2 is 2.08 bits per heavy atom. The van der Waals surface area contributed by atoms with E-state index < -0.39 is 0 Å². The molecular weight excluding hydrogens is 223 g/mol. The molecule has 3 heteroatoms. The first-order chi connectivity index (χ1) is 6.29. The highest BCUT2D eigenvalue weighted by Crippen LogP contribution is 2.33. The third-order valence-electron chi connectivity index (χ3n) is 1.70. The molecule has 13 heavy (non-hydrogen) atoms. The maximum Gasteiger partial charge on any atom is 0.0677 e. The summed E-state index contributed by atoms with van der Waals surface area (Å²) in [5.41, 5.74) is 1.94. The summed E-state index contributed by atoms with van der Waals surface area (Å²) in [6, 6.07) is 8.58. The maximum atomic E-state index is 6.03. The van der Waals surface area contributed by atoms with Crippen molar-refractivity contribution in [1.29, 1.82) is 0 Å². The molecule has 1 aromatic carbocycles. The number of hydrogen-bond acceptors (Lipinski definition) is 1. The minimum absolute atomic E-state index is 0.571. The first-order valence-corrected chi connectivity index (χ1v) is 5.37. The number of benzene rings is 1. The van der Waals surface area contributed by atoms with Crippen LogP contribution in [-0.4, -0.2) is 0 Å². The normalized spacial score (nSPS) is 10.3. The average Bonchev–Trinajstić information content (AvgIpc) is 2.62. The molecule has 0 unspecified atom stereocenters. The lowest BCUT2D eigenvalue weighted by Crippen LogP contribution is -1.77. The molecule has 65 valence electrons. The van der Waals surface area contributed by atoms with E-state index in [2.05, 4.69) is 6.07 Å². The van der Waals surface area contributed by atoms with E-state index in [0.717, 1.165) is 11.1 Å². The smallest absolute Gasteiger partial charge is 0.0677 e. The fourth-order valence-corrected chi connectivity index (χ4v) is 2.10. The first-order valence-electron chi connectivity index (χ1n) is 3.67. The molecule has 2 aromatic rings. The fourth-order valence-electron chi connectivity index (χ4n) is 1.07. The number of rotatable bonds is 1. The zero-order valence-electron chi connectivity index (χ0n) is 6.55. The standard InChI is InChI=1S/C10H5Cl2S/c11-9-3-1-2-8(10(9)12)7-4-5-13-6-7/h1,3-6H. The monoisotopic (exact) mass is 227 g/mol. The predicted molar refractivity (Wildman–Crippen MR) is 58.6 cm³/mol. The van der Waals surface area contributed by atoms with Gasteiger partial charge in [0.05, 0.1) is 10.0 Å². The Balaban J connectivity index is 2.59. The SMILES string of the molecule is Clc1cc[c]c(-c2ccsc2)c1Cl. The molecule has 0 aliphatic rings. The van der Waals surface area contributed by atoms with Gasteiger partial charge >= 0.3 is 0 Å². The Morgan fingerprint density at radius 1 is 1.23 bits per heavy atom. The molecule has 1 aromatic heterocycles. The highest BCUT2D eigenvalue weighted by molar-refractivity contribution is 7.08. The van der Waals surface area contributed by atoms with Crippen LogP contribution in [0.2, 0.25) is 10.0 Å². The van der Waals surface area contributed by atoms with Crippen LogP contribution < -0.4 is 0 Å². The predicted octanol–water partition coefficient (Wildman–Crippen LogP) is 4.52. The average molecular weight is 228 g/mol. The highest BCUT2D eigenvalue weighted by atomic mass is 35.5. The van der Waals surface area contributed by atoms with Crippen LogP contribution in [0.15, 0.2) is 29.0 Å². The van der Waals surface area contributed by atoms with Gasteiger partial charge in [0.2, 0.25) is 0 Å². The molecular formula is C10H5Cl2S. The number of halogens is 2. The first kappa shape index (κ1) is 9.07. The third kappa shape index (κ3) is 1.73. The molecule has 0 saturated carbocycles. The maximum absolute atomic E-state index is 6.03. The number of thiophene rings is 1. The lowest BCUT2D eigenvalue weighted by molar-refractivity contribution is 1.66. The summed E-state index contributed by atoms with van der Waals surface area (Å²) < 4.78 is 0. The van der Waals surface area contributed by atoms with Crippen molar-refractivity contribution in [3.8, 4) is 11.1 Å². The van der Waals surface area contributed by atoms with Crippen LogP contribution in [0.5, 0.6) is 0 Å². The zero-order valence-corrected chi connectivity index (χ0v) is 8.88. The van der Waals surface area contributed by atoms with Gasteiger partial charge in [0.1, 0.15) is 0 Å². The fraction of sp³-hybridized carbons (Fsp3) is 0. The summed E-state index contributed by atoms with van der Waals surface area (Å²) in [4.78, 5) is 0. The second-order valence-corrected chi connectivity index (χ2v) is 4.09. The highest BCUT2D eigenvalue weighted by Gasteiger charge is 2.06. The van der Waals surface area contributed by atoms with Gasteiger partial charge in [-0.2, -0.15) is 11.3 Å². The van der Waals surface area contributed by atoms with Gasteiger partial charge in [0.25, 0.3) is 0 Å². The molecule has 0 spiro atoms. The lowest BCUT2D eigenvalue weighted by Gasteiger charge is -2.01. The van der Waals surface area contributed by atoms with Crippen molar-refractivity contribution >= 4 is 34.5 Å². The summed E-state index contributed by atoms with van der Waals surface area (Å²) in [5.74, 6) is 0. The van der Waals surface area contributed by atoms with E-state index in [1.165, 1.54) is 0 Å². The van der Waals surface area contributed by atoms with Crippen molar-refractivity contribution in [2.75, 3.05) is 0 Å². The van der Waals surface area contributed by atoms with Crippen LogP contribution in [0.4, 0.5) is 0 Å². The van der Waals surface area contributed by atoms with Crippen LogP contribution in [0.1, 0.15) is 0 Å². The van der Waals surface area contributed by atoms with Gasteiger partial charge in [0.15, 0.2) is 0 Å². The summed E-state index contributed by atoms with van der Waals surface area (Å²) in [6.45, 7) is 0. The van der Waals surface area contributed by atoms with E-state index in [9.17, 15) is 0 Å². The summed E-state index contributed by atoms with van der Waals surface area (Å²) in [6.07, 6.45) is 0. The summed E-state index contributed by atoms with van der Waals surface area (Å²) in [5, 5.41) is 5.17. The van der Waals surface area contributed by atoms with Crippen molar-refractivity contribution < 1.29 is 0 Å². The van der Waals surface area contributed by atoms with Gasteiger partial charge in [-0.05, 0) is 34.5 Å². The molecule has 0 nitrogen and oxygen atoms in total. The molecule has 0 saturated heterocycles. The van der Waals surface area contributed by atoms with Crippen molar-refractivity contribution in [1.82, 2.24) is 0 Å². The molecule has 0 N–H and O–H groups in total. The van der Waals surface area contributed by atoms with Gasteiger partial charge in [-0.3, -0.25) is 0 Å². The van der Waals surface area contributed by atoms with Crippen LogP contribution in [0.3, 0.4) is 0 Å². The minimum Gasteiger partial charge on any atom is -0.152 e. The minimum atomic E-state index is 0.571. The van der Waals surface area contributed by atoms with Crippen molar-refractivity contribution in [2.45, 2.75) is 0 Å². The van der Waals surface area contributed by atoms with E-state index in [4.69, 9.17) is 23.2 Å². The Morgan fingerprint density at radius 3 is 2.77 bits per heavy atom. The Bertz CT molecular complexity index is 407. The van der Waals surface area contributed by atoms with Crippen molar-refractivity contribution in [3.63, 3.8) is 0 Å². The topological polar surface area (TPSA) is 0 Å². The van der Waals surface area contributed by atoms with Gasteiger partial charge in [-0.1, -0.05) is 29.3 Å². The van der Waals surface area contributed by atoms with E-state index in [-0.39, 0.29) is 0 Å². The van der Waals surface area contributed by atoms with E-state index in [1.807, 2.05) is 16.8 Å². The molecule has 1 heterocycles. The largest absolute Gasteiger partial charge is 0.152 e. The van der Waals surface area contributed by atoms with Crippen LogP contribution in [0.25, 0.3) is 11.1 Å². The molecule has 0 bridgehead atoms. The van der Waals surface area contributed by atoms with E-state index in [0.29, 0.717) is 10.0 Å². The molecule has 0 fully saturated rings. The third-order valence-corrected chi connectivity index (χ3v) is 3.18. The number of hydrogen-bond donors (Lipinski definition) is 0. The molecule has 0 aliphatic carbocycles. The molecule has 0 aliphatic heterocycles. The second-order valence-electron chi connectivity index (χ2n) is 2.53. The molecule has 0 atom stereocenters. The second kappa shape index (κ2) is 3.70. The van der Waals surface area contributed by atoms with Gasteiger partial charge in [-0.25, -0.2) is 0 Å². The lowest BCUT2D eigenvalue weighted by atomic mass is 10.1. The van der Waals surface area contributed by atoms with Crippen LogP contribution in [0, 0.1) is 6.07 Å². The quantitative estimate of drug-likeness (QED) is 0.673.